The molecule has 0 saturated carbocycles. The first-order valence-corrected chi connectivity index (χ1v) is 3.83. The molecule has 0 amide bonds. The number of nitrogens with one attached hydrogen (secondary N) is 1. The van der Waals surface area contributed by atoms with Crippen LogP contribution in [0.2, 0.25) is 0 Å². The molecule has 0 aliphatic carbocycles. The lowest BCUT2D eigenvalue weighted by Gasteiger charge is -2.17. The highest BCUT2D eigenvalue weighted by Gasteiger charge is 2.06. The van der Waals surface area contributed by atoms with Gasteiger partial charge in [0.1, 0.15) is 0 Å². The fraction of sp³-hybridized carbons (Fsp3) is 0.857. The fourth-order valence-corrected chi connectivity index (χ4v) is 0.597. The third-order valence-corrected chi connectivity index (χ3v) is 1.82. The SMILES string of the molecule is COC(=S)NC(C)C(C)C. The van der Waals surface area contributed by atoms with Gasteiger partial charge >= 0.3 is 0 Å². The van der Waals surface area contributed by atoms with Crippen molar-refractivity contribution in [2.45, 2.75) is 26.8 Å². The molecule has 0 fully saturated rings. The number of rotatable bonds is 2. The molecule has 10 heavy (non-hydrogen) atoms. The van der Waals surface area contributed by atoms with E-state index in [2.05, 4.69) is 26.1 Å². The second kappa shape index (κ2) is 4.50. The number of methoxy groups -OCH3 is 1. The van der Waals surface area contributed by atoms with Gasteiger partial charge in [0, 0.05) is 6.04 Å². The molecule has 1 N–H and O–H groups in total. The van der Waals surface area contributed by atoms with Crippen LogP contribution in [0.3, 0.4) is 0 Å². The van der Waals surface area contributed by atoms with Gasteiger partial charge in [0.15, 0.2) is 0 Å². The van der Waals surface area contributed by atoms with Crippen LogP contribution in [-0.4, -0.2) is 18.3 Å². The molecule has 3 heteroatoms. The minimum Gasteiger partial charge on any atom is -0.474 e. The van der Waals surface area contributed by atoms with E-state index in [0.717, 1.165) is 0 Å². The largest absolute Gasteiger partial charge is 0.474 e. The third kappa shape index (κ3) is 3.67. The Hall–Kier alpha value is -0.310. The molecule has 0 saturated heterocycles. The van der Waals surface area contributed by atoms with Crippen LogP contribution in [0, 0.1) is 5.92 Å². The maximum absolute atomic E-state index is 4.82. The summed E-state index contributed by atoms with van der Waals surface area (Å²) in [4.78, 5) is 0. The highest BCUT2D eigenvalue weighted by Crippen LogP contribution is 1.99. The van der Waals surface area contributed by atoms with Crippen LogP contribution in [0.15, 0.2) is 0 Å². The second-order valence-corrected chi connectivity index (χ2v) is 3.04. The highest BCUT2D eigenvalue weighted by atomic mass is 32.1. The predicted octanol–water partition coefficient (Wildman–Crippen LogP) is 1.55. The van der Waals surface area contributed by atoms with Gasteiger partial charge in [0.25, 0.3) is 5.17 Å². The lowest BCUT2D eigenvalue weighted by Crippen LogP contribution is -2.35. The Morgan fingerprint density at radius 3 is 2.20 bits per heavy atom. The molecular formula is C7H15NOS. The molecule has 60 valence electrons. The van der Waals surface area contributed by atoms with Crippen LogP contribution in [0.1, 0.15) is 20.8 Å². The van der Waals surface area contributed by atoms with E-state index < -0.39 is 0 Å². The van der Waals surface area contributed by atoms with Crippen LogP contribution in [0.25, 0.3) is 0 Å². The lowest BCUT2D eigenvalue weighted by molar-refractivity contribution is 0.368. The van der Waals surface area contributed by atoms with Gasteiger partial charge in [0.05, 0.1) is 7.11 Å². The zero-order chi connectivity index (χ0) is 8.15. The summed E-state index contributed by atoms with van der Waals surface area (Å²) in [5.41, 5.74) is 0. The van der Waals surface area contributed by atoms with Crippen LogP contribution in [-0.2, 0) is 4.74 Å². The molecule has 0 rings (SSSR count). The molecule has 0 aliphatic heterocycles. The van der Waals surface area contributed by atoms with Gasteiger partial charge in [-0.2, -0.15) is 0 Å². The average molecular weight is 161 g/mol. The van der Waals surface area contributed by atoms with Gasteiger partial charge in [-0.1, -0.05) is 13.8 Å². The van der Waals surface area contributed by atoms with E-state index in [1.807, 2.05) is 0 Å². The molecule has 0 aromatic heterocycles. The molecule has 0 bridgehead atoms. The molecule has 1 unspecified atom stereocenters. The van der Waals surface area contributed by atoms with E-state index in [1.165, 1.54) is 0 Å². The Balaban J connectivity index is 3.57. The van der Waals surface area contributed by atoms with Gasteiger partial charge in [-0.15, -0.1) is 0 Å². The van der Waals surface area contributed by atoms with Crippen molar-refractivity contribution in [3.63, 3.8) is 0 Å². The maximum atomic E-state index is 4.82. The Bertz CT molecular complexity index is 114. The Labute approximate surface area is 68.0 Å². The minimum atomic E-state index is 0.382. The third-order valence-electron chi connectivity index (χ3n) is 1.53. The van der Waals surface area contributed by atoms with Crippen LogP contribution >= 0.6 is 12.2 Å². The Morgan fingerprint density at radius 1 is 1.40 bits per heavy atom. The predicted molar refractivity (Wildman–Crippen MR) is 47.0 cm³/mol. The van der Waals surface area contributed by atoms with Crippen molar-refractivity contribution in [2.75, 3.05) is 7.11 Å². The summed E-state index contributed by atoms with van der Waals surface area (Å²) < 4.78 is 4.79. The summed E-state index contributed by atoms with van der Waals surface area (Å²) in [5, 5.41) is 3.51. The van der Waals surface area contributed by atoms with Crippen molar-refractivity contribution in [1.82, 2.24) is 5.32 Å². The highest BCUT2D eigenvalue weighted by molar-refractivity contribution is 7.80. The van der Waals surface area contributed by atoms with Crippen molar-refractivity contribution < 1.29 is 4.74 Å². The second-order valence-electron chi connectivity index (χ2n) is 2.67. The topological polar surface area (TPSA) is 21.3 Å². The zero-order valence-electron chi connectivity index (χ0n) is 6.97. The molecule has 2 nitrogen and oxygen atoms in total. The van der Waals surface area contributed by atoms with Crippen molar-refractivity contribution in [3.8, 4) is 0 Å². The summed E-state index contributed by atoms with van der Waals surface area (Å²) in [6, 6.07) is 0.382. The Kier molecular flexibility index (Phi) is 4.36. The van der Waals surface area contributed by atoms with Gasteiger partial charge in [-0.05, 0) is 25.1 Å². The molecular weight excluding hydrogens is 146 g/mol. The van der Waals surface area contributed by atoms with E-state index in [-0.39, 0.29) is 0 Å². The fourth-order valence-electron chi connectivity index (χ4n) is 0.411. The van der Waals surface area contributed by atoms with E-state index in [0.29, 0.717) is 17.1 Å². The quantitative estimate of drug-likeness (QED) is 0.621. The molecule has 0 aromatic carbocycles. The Morgan fingerprint density at radius 2 is 1.90 bits per heavy atom. The first-order chi connectivity index (χ1) is 4.57. The number of hydrogen-bond acceptors (Lipinski definition) is 2. The van der Waals surface area contributed by atoms with Gasteiger partial charge in [-0.3, -0.25) is 0 Å². The maximum Gasteiger partial charge on any atom is 0.256 e. The molecule has 1 atom stereocenters. The number of ether oxygens (including phenoxy) is 1. The van der Waals surface area contributed by atoms with Crippen LogP contribution < -0.4 is 5.32 Å². The normalized spacial score (nSPS) is 12.9. The summed E-state index contributed by atoms with van der Waals surface area (Å²) in [5.74, 6) is 0.577. The average Bonchev–Trinajstić information content (AvgIpc) is 1.87. The van der Waals surface area contributed by atoms with E-state index in [4.69, 9.17) is 17.0 Å². The summed E-state index contributed by atoms with van der Waals surface area (Å²) in [6.45, 7) is 6.35. The first-order valence-electron chi connectivity index (χ1n) is 3.42. The molecule has 0 aliphatic rings. The molecule has 0 radical (unpaired) electrons. The van der Waals surface area contributed by atoms with Crippen molar-refractivity contribution >= 4 is 17.4 Å². The molecule has 0 aromatic rings. The summed E-state index contributed by atoms with van der Waals surface area (Å²) in [6.07, 6.45) is 0. The monoisotopic (exact) mass is 161 g/mol. The van der Waals surface area contributed by atoms with Crippen molar-refractivity contribution in [2.24, 2.45) is 5.92 Å². The van der Waals surface area contributed by atoms with E-state index in [9.17, 15) is 0 Å². The summed E-state index contributed by atoms with van der Waals surface area (Å²) in [7, 11) is 1.57. The van der Waals surface area contributed by atoms with Crippen molar-refractivity contribution in [3.05, 3.63) is 0 Å². The molecule has 0 spiro atoms. The lowest BCUT2D eigenvalue weighted by atomic mass is 10.1. The van der Waals surface area contributed by atoms with Crippen LogP contribution in [0.5, 0.6) is 0 Å². The van der Waals surface area contributed by atoms with E-state index >= 15 is 0 Å². The molecule has 0 heterocycles. The van der Waals surface area contributed by atoms with Gasteiger partial charge < -0.3 is 10.1 Å². The standard InChI is InChI=1S/C7H15NOS/c1-5(2)6(3)8-7(10)9-4/h5-6H,1-4H3,(H,8,10). The van der Waals surface area contributed by atoms with Crippen molar-refractivity contribution in [1.29, 1.82) is 0 Å². The van der Waals surface area contributed by atoms with Gasteiger partial charge in [-0.25, -0.2) is 0 Å². The smallest absolute Gasteiger partial charge is 0.256 e. The van der Waals surface area contributed by atoms with Gasteiger partial charge in [0.2, 0.25) is 0 Å². The first kappa shape index (κ1) is 9.69. The number of hydrogen-bond donors (Lipinski definition) is 1. The minimum absolute atomic E-state index is 0.382. The summed E-state index contributed by atoms with van der Waals surface area (Å²) >= 11 is 4.82. The number of thiocarbonyl (C=S) groups is 1. The van der Waals surface area contributed by atoms with Crippen LogP contribution in [0.4, 0.5) is 0 Å². The van der Waals surface area contributed by atoms with E-state index in [1.54, 1.807) is 7.11 Å². The zero-order valence-corrected chi connectivity index (χ0v) is 7.79.